The number of ether oxygens (including phenoxy) is 2. The second-order valence-corrected chi connectivity index (χ2v) is 8.28. The minimum Gasteiger partial charge on any atom is -0.469 e. The molecule has 0 fully saturated rings. The summed E-state index contributed by atoms with van der Waals surface area (Å²) in [7, 11) is 1.37. The van der Waals surface area contributed by atoms with Crippen LogP contribution in [0.15, 0.2) is 24.3 Å². The van der Waals surface area contributed by atoms with Gasteiger partial charge >= 0.3 is 5.97 Å². The average molecular weight is 378 g/mol. The number of carbonyl (C=O) groups excluding carboxylic acids is 2. The topological polar surface area (TPSA) is 55.8 Å². The van der Waals surface area contributed by atoms with E-state index in [0.29, 0.717) is 25.3 Å². The summed E-state index contributed by atoms with van der Waals surface area (Å²) in [5, 5.41) is 0. The molecule has 1 atom stereocenters. The van der Waals surface area contributed by atoms with Crippen LogP contribution < -0.4 is 0 Å². The molecule has 0 heterocycles. The maximum absolute atomic E-state index is 13.0. The molecular weight excluding hydrogens is 342 g/mol. The highest BCUT2D eigenvalue weighted by atomic mass is 16.5. The highest BCUT2D eigenvalue weighted by Crippen LogP contribution is 2.22. The molecule has 5 nitrogen and oxygen atoms in total. The zero-order valence-electron chi connectivity index (χ0n) is 17.9. The van der Waals surface area contributed by atoms with Gasteiger partial charge in [0.2, 0.25) is 0 Å². The number of methoxy groups -OCH3 is 1. The van der Waals surface area contributed by atoms with E-state index in [1.807, 2.05) is 38.1 Å². The number of amides is 1. The van der Waals surface area contributed by atoms with E-state index in [1.165, 1.54) is 12.7 Å². The Balaban J connectivity index is 2.88. The van der Waals surface area contributed by atoms with Crippen molar-refractivity contribution in [2.45, 2.75) is 59.5 Å². The molecule has 0 N–H and O–H groups in total. The van der Waals surface area contributed by atoms with Crippen molar-refractivity contribution in [3.63, 3.8) is 0 Å². The van der Waals surface area contributed by atoms with Crippen LogP contribution in [0.3, 0.4) is 0 Å². The molecule has 5 heteroatoms. The smallest absolute Gasteiger partial charge is 0.310 e. The Morgan fingerprint density at radius 3 is 2.15 bits per heavy atom. The van der Waals surface area contributed by atoms with Crippen LogP contribution in [0.4, 0.5) is 0 Å². The third-order valence-electron chi connectivity index (χ3n) is 4.41. The first-order valence-corrected chi connectivity index (χ1v) is 9.65. The molecule has 1 unspecified atom stereocenters. The third-order valence-corrected chi connectivity index (χ3v) is 4.41. The standard InChI is InChI=1S/C22H35NO4/c1-16(2)27-14-8-13-23(15-17(3)21(25)26-7)20(24)18-9-11-19(12-10-18)22(4,5)6/h9-12,16-17H,8,13-15H2,1-7H3. The van der Waals surface area contributed by atoms with Crippen LogP contribution in [0.2, 0.25) is 0 Å². The highest BCUT2D eigenvalue weighted by Gasteiger charge is 2.23. The fourth-order valence-corrected chi connectivity index (χ4v) is 2.75. The van der Waals surface area contributed by atoms with Gasteiger partial charge in [0.1, 0.15) is 0 Å². The number of rotatable bonds is 9. The Bertz CT molecular complexity index is 602. The molecule has 0 aromatic heterocycles. The average Bonchev–Trinajstić information content (AvgIpc) is 2.61. The molecule has 152 valence electrons. The summed E-state index contributed by atoms with van der Waals surface area (Å²) in [5.41, 5.74) is 1.85. The van der Waals surface area contributed by atoms with Gasteiger partial charge in [0.25, 0.3) is 5.91 Å². The first kappa shape index (κ1) is 23.2. The van der Waals surface area contributed by atoms with Gasteiger partial charge in [0.15, 0.2) is 0 Å². The van der Waals surface area contributed by atoms with Gasteiger partial charge in [-0.05, 0) is 43.4 Å². The van der Waals surface area contributed by atoms with Gasteiger partial charge in [-0.15, -0.1) is 0 Å². The molecule has 0 saturated heterocycles. The first-order chi connectivity index (χ1) is 12.6. The molecule has 0 radical (unpaired) electrons. The molecule has 1 amide bonds. The molecule has 0 saturated carbocycles. The maximum Gasteiger partial charge on any atom is 0.310 e. The van der Waals surface area contributed by atoms with Crippen molar-refractivity contribution in [2.75, 3.05) is 26.8 Å². The fourth-order valence-electron chi connectivity index (χ4n) is 2.75. The Labute approximate surface area is 164 Å². The fraction of sp³-hybridized carbons (Fsp3) is 0.636. The van der Waals surface area contributed by atoms with Crippen molar-refractivity contribution in [3.8, 4) is 0 Å². The van der Waals surface area contributed by atoms with Crippen LogP contribution in [0.1, 0.15) is 63.9 Å². The van der Waals surface area contributed by atoms with Gasteiger partial charge in [0, 0.05) is 25.3 Å². The molecule has 0 aliphatic rings. The molecule has 1 aromatic rings. The molecule has 0 bridgehead atoms. The molecule has 0 aliphatic carbocycles. The van der Waals surface area contributed by atoms with E-state index in [4.69, 9.17) is 9.47 Å². The summed E-state index contributed by atoms with van der Waals surface area (Å²) in [6, 6.07) is 7.72. The molecule has 0 spiro atoms. The van der Waals surface area contributed by atoms with Crippen molar-refractivity contribution in [1.29, 1.82) is 0 Å². The molecular formula is C22H35NO4. The minimum absolute atomic E-state index is 0.0366. The van der Waals surface area contributed by atoms with E-state index in [9.17, 15) is 9.59 Å². The number of nitrogens with zero attached hydrogens (tertiary/aromatic N) is 1. The van der Waals surface area contributed by atoms with Crippen molar-refractivity contribution < 1.29 is 19.1 Å². The number of hydrogen-bond acceptors (Lipinski definition) is 4. The number of carbonyl (C=O) groups is 2. The predicted molar refractivity (Wildman–Crippen MR) is 108 cm³/mol. The summed E-state index contributed by atoms with van der Waals surface area (Å²) in [5.74, 6) is -0.760. The van der Waals surface area contributed by atoms with E-state index < -0.39 is 0 Å². The van der Waals surface area contributed by atoms with Gasteiger partial charge in [-0.1, -0.05) is 39.8 Å². The summed E-state index contributed by atoms with van der Waals surface area (Å²) in [4.78, 5) is 26.5. The summed E-state index contributed by atoms with van der Waals surface area (Å²) < 4.78 is 10.4. The third kappa shape index (κ3) is 7.71. The predicted octanol–water partition coefficient (Wildman–Crippen LogP) is 4.05. The maximum atomic E-state index is 13.0. The second kappa shape index (κ2) is 10.5. The summed E-state index contributed by atoms with van der Waals surface area (Å²) in [6.07, 6.45) is 0.880. The van der Waals surface area contributed by atoms with E-state index in [0.717, 1.165) is 6.42 Å². The monoisotopic (exact) mass is 377 g/mol. The quantitative estimate of drug-likeness (QED) is 0.481. The van der Waals surface area contributed by atoms with Crippen molar-refractivity contribution >= 4 is 11.9 Å². The number of esters is 1. The minimum atomic E-state index is -0.376. The van der Waals surface area contributed by atoms with Crippen LogP contribution in [0.5, 0.6) is 0 Å². The summed E-state index contributed by atoms with van der Waals surface area (Å²) in [6.45, 7) is 13.6. The zero-order chi connectivity index (χ0) is 20.6. The SMILES string of the molecule is COC(=O)C(C)CN(CCCOC(C)C)C(=O)c1ccc(C(C)(C)C)cc1. The summed E-state index contributed by atoms with van der Waals surface area (Å²) >= 11 is 0. The molecule has 27 heavy (non-hydrogen) atoms. The molecule has 1 aromatic carbocycles. The number of hydrogen-bond donors (Lipinski definition) is 0. The largest absolute Gasteiger partial charge is 0.469 e. The molecule has 0 aliphatic heterocycles. The Morgan fingerprint density at radius 2 is 1.67 bits per heavy atom. The number of benzene rings is 1. The van der Waals surface area contributed by atoms with Crippen molar-refractivity contribution in [1.82, 2.24) is 4.90 Å². The first-order valence-electron chi connectivity index (χ1n) is 9.65. The van der Waals surface area contributed by atoms with Gasteiger partial charge in [-0.3, -0.25) is 9.59 Å². The lowest BCUT2D eigenvalue weighted by Gasteiger charge is -2.26. The van der Waals surface area contributed by atoms with Gasteiger partial charge in [0.05, 0.1) is 19.1 Å². The van der Waals surface area contributed by atoms with E-state index >= 15 is 0 Å². The molecule has 1 rings (SSSR count). The zero-order valence-corrected chi connectivity index (χ0v) is 17.9. The van der Waals surface area contributed by atoms with Crippen LogP contribution in [-0.4, -0.2) is 49.7 Å². The van der Waals surface area contributed by atoms with Crippen molar-refractivity contribution in [3.05, 3.63) is 35.4 Å². The Morgan fingerprint density at radius 1 is 1.07 bits per heavy atom. The lowest BCUT2D eigenvalue weighted by molar-refractivity contribution is -0.145. The lowest BCUT2D eigenvalue weighted by atomic mass is 9.86. The van der Waals surface area contributed by atoms with E-state index in [-0.39, 0.29) is 29.3 Å². The highest BCUT2D eigenvalue weighted by molar-refractivity contribution is 5.94. The van der Waals surface area contributed by atoms with E-state index in [1.54, 1.807) is 11.8 Å². The normalized spacial score (nSPS) is 12.7. The van der Waals surface area contributed by atoms with E-state index in [2.05, 4.69) is 20.8 Å². The Hall–Kier alpha value is -1.88. The van der Waals surface area contributed by atoms with Gasteiger partial charge < -0.3 is 14.4 Å². The van der Waals surface area contributed by atoms with Crippen LogP contribution in [-0.2, 0) is 19.7 Å². The van der Waals surface area contributed by atoms with Crippen LogP contribution in [0.25, 0.3) is 0 Å². The van der Waals surface area contributed by atoms with Gasteiger partial charge in [-0.2, -0.15) is 0 Å². The second-order valence-electron chi connectivity index (χ2n) is 8.28. The van der Waals surface area contributed by atoms with Crippen molar-refractivity contribution in [2.24, 2.45) is 5.92 Å². The van der Waals surface area contributed by atoms with Gasteiger partial charge in [-0.25, -0.2) is 0 Å². The van der Waals surface area contributed by atoms with Crippen LogP contribution in [0, 0.1) is 5.92 Å². The van der Waals surface area contributed by atoms with Crippen LogP contribution >= 0.6 is 0 Å². The Kier molecular flexibility index (Phi) is 8.97. The lowest BCUT2D eigenvalue weighted by Crippen LogP contribution is -2.38.